The van der Waals surface area contributed by atoms with Crippen LogP contribution < -0.4 is 16.8 Å². The molecule has 2 aromatic rings. The molecule has 0 radical (unpaired) electrons. The Bertz CT molecular complexity index is 776. The first-order chi connectivity index (χ1) is 13.1. The van der Waals surface area contributed by atoms with Gasteiger partial charge >= 0.3 is 6.09 Å². The van der Waals surface area contributed by atoms with Crippen LogP contribution in [0.3, 0.4) is 0 Å². The summed E-state index contributed by atoms with van der Waals surface area (Å²) >= 11 is 0. The Hall–Kier alpha value is -2.86. The molecule has 6 nitrogen and oxygen atoms in total. The molecule has 6 heteroatoms. The monoisotopic (exact) mass is 367 g/mol. The number of alkyl carbamates (subject to hydrolysis) is 1. The third kappa shape index (κ3) is 4.46. The van der Waals surface area contributed by atoms with Gasteiger partial charge < -0.3 is 21.5 Å². The van der Waals surface area contributed by atoms with Gasteiger partial charge in [-0.25, -0.2) is 4.79 Å². The predicted octanol–water partition coefficient (Wildman–Crippen LogP) is 2.51. The van der Waals surface area contributed by atoms with Gasteiger partial charge in [-0.05, 0) is 41.5 Å². The fourth-order valence-electron chi connectivity index (χ4n) is 3.47. The number of nitrogens with two attached hydrogens (primary N) is 2. The Balaban J connectivity index is 1.48. The third-order valence-electron chi connectivity index (χ3n) is 4.92. The summed E-state index contributed by atoms with van der Waals surface area (Å²) in [5.41, 5.74) is 15.5. The molecule has 0 bridgehead atoms. The molecule has 0 spiro atoms. The maximum Gasteiger partial charge on any atom is 0.407 e. The lowest BCUT2D eigenvalue weighted by molar-refractivity contribution is -0.119. The van der Waals surface area contributed by atoms with Crippen LogP contribution in [0.1, 0.15) is 36.3 Å². The molecule has 1 aliphatic carbocycles. The topological polar surface area (TPSA) is 107 Å². The molecular formula is C21H25N3O3. The van der Waals surface area contributed by atoms with Gasteiger partial charge in [-0.2, -0.15) is 0 Å². The van der Waals surface area contributed by atoms with E-state index in [2.05, 4.69) is 29.6 Å². The summed E-state index contributed by atoms with van der Waals surface area (Å²) in [5.74, 6) is -0.448. The average Bonchev–Trinajstić information content (AvgIpc) is 3.00. The van der Waals surface area contributed by atoms with Crippen molar-refractivity contribution in [1.29, 1.82) is 0 Å². The van der Waals surface area contributed by atoms with Crippen molar-refractivity contribution < 1.29 is 14.3 Å². The molecule has 0 aromatic heterocycles. The Labute approximate surface area is 158 Å². The lowest BCUT2D eigenvalue weighted by atomic mass is 9.98. The summed E-state index contributed by atoms with van der Waals surface area (Å²) in [7, 11) is 0. The molecule has 3 rings (SSSR count). The van der Waals surface area contributed by atoms with E-state index in [1.54, 1.807) is 0 Å². The van der Waals surface area contributed by atoms with Crippen LogP contribution in [0.2, 0.25) is 0 Å². The van der Waals surface area contributed by atoms with Crippen LogP contribution in [0, 0.1) is 0 Å². The largest absolute Gasteiger partial charge is 0.449 e. The van der Waals surface area contributed by atoms with Crippen LogP contribution in [-0.4, -0.2) is 31.2 Å². The molecule has 0 heterocycles. The highest BCUT2D eigenvalue weighted by Crippen LogP contribution is 2.44. The van der Waals surface area contributed by atoms with Crippen molar-refractivity contribution >= 4 is 12.0 Å². The van der Waals surface area contributed by atoms with Gasteiger partial charge in [0.15, 0.2) is 0 Å². The molecule has 1 atom stereocenters. The van der Waals surface area contributed by atoms with Gasteiger partial charge in [0.2, 0.25) is 5.91 Å². The number of carbonyl (C=O) groups excluding carboxylic acids is 2. The fourth-order valence-corrected chi connectivity index (χ4v) is 3.47. The van der Waals surface area contributed by atoms with Crippen LogP contribution in [0.25, 0.3) is 11.1 Å². The van der Waals surface area contributed by atoms with Gasteiger partial charge in [-0.15, -0.1) is 0 Å². The van der Waals surface area contributed by atoms with Gasteiger partial charge in [0.05, 0.1) is 6.04 Å². The van der Waals surface area contributed by atoms with Crippen molar-refractivity contribution in [2.24, 2.45) is 11.5 Å². The SMILES string of the molecule is NC(=O)C(N)CCCCNC(=O)OCC1c2ccccc2-c2ccccc21. The lowest BCUT2D eigenvalue weighted by Crippen LogP contribution is -2.36. The molecule has 0 aliphatic heterocycles. The molecule has 2 aromatic carbocycles. The normalized spacial score (nSPS) is 13.5. The van der Waals surface area contributed by atoms with E-state index in [9.17, 15) is 9.59 Å². The number of hydrogen-bond donors (Lipinski definition) is 3. The van der Waals surface area contributed by atoms with Gasteiger partial charge in [0.25, 0.3) is 0 Å². The standard InChI is InChI=1S/C21H25N3O3/c22-19(20(23)25)11-5-6-12-24-21(26)27-13-18-16-9-3-1-7-14(16)15-8-2-4-10-17(15)18/h1-4,7-10,18-19H,5-6,11-13,22H2,(H2,23,25)(H,24,26). The maximum absolute atomic E-state index is 12.0. The molecule has 142 valence electrons. The van der Waals surface area contributed by atoms with Crippen LogP contribution in [0.15, 0.2) is 48.5 Å². The summed E-state index contributed by atoms with van der Waals surface area (Å²) in [4.78, 5) is 22.9. The van der Waals surface area contributed by atoms with Crippen LogP contribution in [0.4, 0.5) is 4.79 Å². The number of benzene rings is 2. The Morgan fingerprint density at radius 3 is 2.19 bits per heavy atom. The minimum Gasteiger partial charge on any atom is -0.449 e. The van der Waals surface area contributed by atoms with Gasteiger partial charge in [0, 0.05) is 12.5 Å². The highest BCUT2D eigenvalue weighted by molar-refractivity contribution is 5.79. The molecule has 1 unspecified atom stereocenters. The van der Waals surface area contributed by atoms with Crippen LogP contribution in [0.5, 0.6) is 0 Å². The minimum atomic E-state index is -0.626. The number of amides is 2. The first-order valence-electron chi connectivity index (χ1n) is 9.21. The summed E-state index contributed by atoms with van der Waals surface area (Å²) in [5, 5.41) is 2.74. The van der Waals surface area contributed by atoms with Crippen molar-refractivity contribution in [2.45, 2.75) is 31.2 Å². The number of ether oxygens (including phenoxy) is 1. The first-order valence-corrected chi connectivity index (χ1v) is 9.21. The Kier molecular flexibility index (Phi) is 6.08. The average molecular weight is 367 g/mol. The fraction of sp³-hybridized carbons (Fsp3) is 0.333. The van der Waals surface area contributed by atoms with Crippen molar-refractivity contribution in [3.8, 4) is 11.1 Å². The van der Waals surface area contributed by atoms with E-state index in [1.807, 2.05) is 24.3 Å². The van der Waals surface area contributed by atoms with E-state index in [1.165, 1.54) is 22.3 Å². The highest BCUT2D eigenvalue weighted by Gasteiger charge is 2.28. The quantitative estimate of drug-likeness (QED) is 0.623. The second-order valence-corrected chi connectivity index (χ2v) is 6.76. The number of carbonyl (C=O) groups is 2. The van der Waals surface area contributed by atoms with E-state index in [0.29, 0.717) is 32.4 Å². The smallest absolute Gasteiger partial charge is 0.407 e. The minimum absolute atomic E-state index is 0.0525. The summed E-state index contributed by atoms with van der Waals surface area (Å²) in [6.07, 6.45) is 1.51. The molecular weight excluding hydrogens is 342 g/mol. The van der Waals surface area contributed by atoms with Crippen molar-refractivity contribution in [3.05, 3.63) is 59.7 Å². The summed E-state index contributed by atoms with van der Waals surface area (Å²) in [6, 6.07) is 15.8. The first kappa shape index (κ1) is 18.9. The van der Waals surface area contributed by atoms with Gasteiger partial charge in [-0.1, -0.05) is 48.5 Å². The van der Waals surface area contributed by atoms with E-state index in [0.717, 1.165) is 0 Å². The number of rotatable bonds is 8. The number of nitrogens with one attached hydrogen (secondary N) is 1. The zero-order valence-electron chi connectivity index (χ0n) is 15.2. The zero-order chi connectivity index (χ0) is 19.2. The molecule has 1 aliphatic rings. The van der Waals surface area contributed by atoms with E-state index < -0.39 is 18.0 Å². The lowest BCUT2D eigenvalue weighted by Gasteiger charge is -2.14. The van der Waals surface area contributed by atoms with Crippen LogP contribution >= 0.6 is 0 Å². The summed E-state index contributed by atoms with van der Waals surface area (Å²) < 4.78 is 5.46. The summed E-state index contributed by atoms with van der Waals surface area (Å²) in [6.45, 7) is 0.772. The van der Waals surface area contributed by atoms with Gasteiger partial charge in [-0.3, -0.25) is 4.79 Å². The Morgan fingerprint density at radius 2 is 1.59 bits per heavy atom. The number of hydrogen-bond acceptors (Lipinski definition) is 4. The molecule has 5 N–H and O–H groups in total. The third-order valence-corrected chi connectivity index (χ3v) is 4.92. The molecule has 0 fully saturated rings. The molecule has 0 saturated heterocycles. The second-order valence-electron chi connectivity index (χ2n) is 6.76. The van der Waals surface area contributed by atoms with Crippen molar-refractivity contribution in [2.75, 3.05) is 13.2 Å². The zero-order valence-corrected chi connectivity index (χ0v) is 15.2. The maximum atomic E-state index is 12.0. The van der Waals surface area contributed by atoms with Crippen molar-refractivity contribution in [1.82, 2.24) is 5.32 Å². The second kappa shape index (κ2) is 8.68. The number of primary amides is 1. The number of unbranched alkanes of at least 4 members (excludes halogenated alkanes) is 1. The van der Waals surface area contributed by atoms with E-state index in [-0.39, 0.29) is 5.92 Å². The van der Waals surface area contributed by atoms with E-state index in [4.69, 9.17) is 16.2 Å². The van der Waals surface area contributed by atoms with Gasteiger partial charge in [0.1, 0.15) is 6.61 Å². The predicted molar refractivity (Wildman–Crippen MR) is 104 cm³/mol. The Morgan fingerprint density at radius 1 is 1.00 bits per heavy atom. The molecule has 27 heavy (non-hydrogen) atoms. The molecule has 2 amide bonds. The molecule has 0 saturated carbocycles. The highest BCUT2D eigenvalue weighted by atomic mass is 16.5. The van der Waals surface area contributed by atoms with E-state index >= 15 is 0 Å². The number of fused-ring (bicyclic) bond motifs is 3. The van der Waals surface area contributed by atoms with Crippen molar-refractivity contribution in [3.63, 3.8) is 0 Å². The van der Waals surface area contributed by atoms with Crippen LogP contribution in [-0.2, 0) is 9.53 Å².